The molecule has 0 bridgehead atoms. The zero-order chi connectivity index (χ0) is 9.31. The van der Waals surface area contributed by atoms with Gasteiger partial charge in [0.05, 0.1) is 6.20 Å². The first-order valence-corrected chi connectivity index (χ1v) is 4.91. The molecule has 1 saturated heterocycles. The standard InChI is InChI=1S/C10H17N3/c1-10(2)4-3-5-13(10)8-9-6-11-12-7-9/h6-7H,3-5,8H2,1-2H3,(H,11,12). The van der Waals surface area contributed by atoms with E-state index in [0.717, 1.165) is 6.54 Å². The van der Waals surface area contributed by atoms with Gasteiger partial charge >= 0.3 is 0 Å². The Morgan fingerprint density at radius 1 is 1.62 bits per heavy atom. The van der Waals surface area contributed by atoms with Crippen molar-refractivity contribution in [2.24, 2.45) is 0 Å². The fourth-order valence-electron chi connectivity index (χ4n) is 2.04. The average Bonchev–Trinajstić information content (AvgIpc) is 2.63. The molecule has 1 N–H and O–H groups in total. The second kappa shape index (κ2) is 3.14. The zero-order valence-corrected chi connectivity index (χ0v) is 8.38. The fraction of sp³-hybridized carbons (Fsp3) is 0.700. The number of aromatic nitrogens is 2. The van der Waals surface area contributed by atoms with E-state index < -0.39 is 0 Å². The first kappa shape index (κ1) is 8.75. The van der Waals surface area contributed by atoms with Crippen LogP contribution in [0.25, 0.3) is 0 Å². The Morgan fingerprint density at radius 2 is 2.46 bits per heavy atom. The molecule has 0 atom stereocenters. The maximum Gasteiger partial charge on any atom is 0.0532 e. The van der Waals surface area contributed by atoms with E-state index in [0.29, 0.717) is 5.54 Å². The van der Waals surface area contributed by atoms with Crippen molar-refractivity contribution >= 4 is 0 Å². The highest BCUT2D eigenvalue weighted by atomic mass is 15.2. The molecule has 0 amide bonds. The van der Waals surface area contributed by atoms with Crippen LogP contribution in [0.4, 0.5) is 0 Å². The van der Waals surface area contributed by atoms with Crippen molar-refractivity contribution in [3.05, 3.63) is 18.0 Å². The average molecular weight is 179 g/mol. The van der Waals surface area contributed by atoms with Gasteiger partial charge in [0, 0.05) is 23.8 Å². The molecule has 3 heteroatoms. The third kappa shape index (κ3) is 1.75. The molecule has 0 aromatic carbocycles. The number of H-pyrrole nitrogens is 1. The van der Waals surface area contributed by atoms with Gasteiger partial charge < -0.3 is 0 Å². The van der Waals surface area contributed by atoms with Crippen molar-refractivity contribution in [1.29, 1.82) is 0 Å². The van der Waals surface area contributed by atoms with Crippen molar-refractivity contribution in [3.8, 4) is 0 Å². The molecule has 72 valence electrons. The predicted octanol–water partition coefficient (Wildman–Crippen LogP) is 1.78. The lowest BCUT2D eigenvalue weighted by molar-refractivity contribution is 0.166. The van der Waals surface area contributed by atoms with Crippen LogP contribution >= 0.6 is 0 Å². The number of nitrogens with zero attached hydrogens (tertiary/aromatic N) is 2. The summed E-state index contributed by atoms with van der Waals surface area (Å²) in [5, 5.41) is 6.81. The molecule has 0 aliphatic carbocycles. The molecule has 1 fully saturated rings. The fourth-order valence-corrected chi connectivity index (χ4v) is 2.04. The Bertz CT molecular complexity index is 264. The summed E-state index contributed by atoms with van der Waals surface area (Å²) in [4.78, 5) is 2.53. The van der Waals surface area contributed by atoms with Gasteiger partial charge in [-0.25, -0.2) is 0 Å². The second-order valence-electron chi connectivity index (χ2n) is 4.44. The monoisotopic (exact) mass is 179 g/mol. The molecular formula is C10H17N3. The molecule has 1 aromatic rings. The Labute approximate surface area is 79.1 Å². The largest absolute Gasteiger partial charge is 0.294 e. The minimum absolute atomic E-state index is 0.372. The quantitative estimate of drug-likeness (QED) is 0.750. The number of rotatable bonds is 2. The topological polar surface area (TPSA) is 31.9 Å². The summed E-state index contributed by atoms with van der Waals surface area (Å²) in [7, 11) is 0. The van der Waals surface area contributed by atoms with Gasteiger partial charge in [-0.05, 0) is 33.2 Å². The first-order valence-electron chi connectivity index (χ1n) is 4.91. The molecule has 0 unspecified atom stereocenters. The molecule has 3 nitrogen and oxygen atoms in total. The molecule has 2 heterocycles. The van der Waals surface area contributed by atoms with Gasteiger partial charge in [0.1, 0.15) is 0 Å². The van der Waals surface area contributed by atoms with Crippen LogP contribution in [0, 0.1) is 0 Å². The number of nitrogens with one attached hydrogen (secondary N) is 1. The molecule has 0 saturated carbocycles. The highest BCUT2D eigenvalue weighted by molar-refractivity contribution is 5.04. The highest BCUT2D eigenvalue weighted by Gasteiger charge is 2.31. The highest BCUT2D eigenvalue weighted by Crippen LogP contribution is 2.29. The van der Waals surface area contributed by atoms with E-state index in [2.05, 4.69) is 28.9 Å². The van der Waals surface area contributed by atoms with Gasteiger partial charge in [-0.1, -0.05) is 0 Å². The summed E-state index contributed by atoms with van der Waals surface area (Å²) in [6, 6.07) is 0. The third-order valence-corrected chi connectivity index (χ3v) is 3.00. The molecule has 0 spiro atoms. The summed E-state index contributed by atoms with van der Waals surface area (Å²) >= 11 is 0. The Hall–Kier alpha value is -0.830. The van der Waals surface area contributed by atoms with Gasteiger partial charge in [0.2, 0.25) is 0 Å². The van der Waals surface area contributed by atoms with Crippen LogP contribution in [-0.2, 0) is 6.54 Å². The molecule has 1 aromatic heterocycles. The number of likely N-dealkylation sites (tertiary alicyclic amines) is 1. The molecule has 13 heavy (non-hydrogen) atoms. The van der Waals surface area contributed by atoms with E-state index in [1.54, 1.807) is 0 Å². The number of hydrogen-bond donors (Lipinski definition) is 1. The van der Waals surface area contributed by atoms with E-state index in [1.807, 2.05) is 12.4 Å². The minimum atomic E-state index is 0.372. The summed E-state index contributed by atoms with van der Waals surface area (Å²) in [5.74, 6) is 0. The molecule has 0 radical (unpaired) electrons. The van der Waals surface area contributed by atoms with Crippen LogP contribution in [0.3, 0.4) is 0 Å². The Balaban J connectivity index is 2.02. The van der Waals surface area contributed by atoms with Crippen molar-refractivity contribution in [2.75, 3.05) is 6.54 Å². The predicted molar refractivity (Wildman–Crippen MR) is 52.3 cm³/mol. The smallest absolute Gasteiger partial charge is 0.0532 e. The van der Waals surface area contributed by atoms with Crippen LogP contribution in [0.5, 0.6) is 0 Å². The summed E-state index contributed by atoms with van der Waals surface area (Å²) in [6.07, 6.45) is 6.53. The van der Waals surface area contributed by atoms with Crippen LogP contribution in [-0.4, -0.2) is 27.2 Å². The zero-order valence-electron chi connectivity index (χ0n) is 8.38. The van der Waals surface area contributed by atoms with Crippen LogP contribution in [0.2, 0.25) is 0 Å². The lowest BCUT2D eigenvalue weighted by Crippen LogP contribution is -2.37. The molecule has 1 aliphatic rings. The van der Waals surface area contributed by atoms with E-state index in [-0.39, 0.29) is 0 Å². The summed E-state index contributed by atoms with van der Waals surface area (Å²) in [5.41, 5.74) is 1.66. The lowest BCUT2D eigenvalue weighted by Gasteiger charge is -2.31. The van der Waals surface area contributed by atoms with E-state index in [9.17, 15) is 0 Å². The van der Waals surface area contributed by atoms with E-state index >= 15 is 0 Å². The summed E-state index contributed by atoms with van der Waals surface area (Å²) < 4.78 is 0. The maximum absolute atomic E-state index is 3.96. The second-order valence-corrected chi connectivity index (χ2v) is 4.44. The SMILES string of the molecule is CC1(C)CCCN1Cc1cn[nH]c1. The van der Waals surface area contributed by atoms with Gasteiger partial charge in [-0.2, -0.15) is 5.10 Å². The van der Waals surface area contributed by atoms with Gasteiger partial charge in [-0.3, -0.25) is 10.00 Å². The Morgan fingerprint density at radius 3 is 3.00 bits per heavy atom. The van der Waals surface area contributed by atoms with Crippen LogP contribution < -0.4 is 0 Å². The number of hydrogen-bond acceptors (Lipinski definition) is 2. The van der Waals surface area contributed by atoms with Crippen molar-refractivity contribution in [2.45, 2.75) is 38.8 Å². The Kier molecular flexibility index (Phi) is 2.12. The van der Waals surface area contributed by atoms with E-state index in [1.165, 1.54) is 24.9 Å². The summed E-state index contributed by atoms with van der Waals surface area (Å²) in [6.45, 7) is 6.89. The lowest BCUT2D eigenvalue weighted by atomic mass is 10.0. The van der Waals surface area contributed by atoms with Crippen LogP contribution in [0.15, 0.2) is 12.4 Å². The minimum Gasteiger partial charge on any atom is -0.294 e. The maximum atomic E-state index is 3.96. The molecule has 2 rings (SSSR count). The van der Waals surface area contributed by atoms with Crippen LogP contribution in [0.1, 0.15) is 32.3 Å². The first-order chi connectivity index (χ1) is 6.18. The van der Waals surface area contributed by atoms with Gasteiger partial charge in [-0.15, -0.1) is 0 Å². The van der Waals surface area contributed by atoms with Crippen molar-refractivity contribution in [3.63, 3.8) is 0 Å². The van der Waals surface area contributed by atoms with Gasteiger partial charge in [0.15, 0.2) is 0 Å². The molecular weight excluding hydrogens is 162 g/mol. The number of aromatic amines is 1. The normalized spacial score (nSPS) is 22.3. The van der Waals surface area contributed by atoms with E-state index in [4.69, 9.17) is 0 Å². The third-order valence-electron chi connectivity index (χ3n) is 3.00. The van der Waals surface area contributed by atoms with Crippen molar-refractivity contribution in [1.82, 2.24) is 15.1 Å². The van der Waals surface area contributed by atoms with Crippen molar-refractivity contribution < 1.29 is 0 Å². The molecule has 1 aliphatic heterocycles. The van der Waals surface area contributed by atoms with Gasteiger partial charge in [0.25, 0.3) is 0 Å².